The van der Waals surface area contributed by atoms with E-state index in [0.717, 1.165) is 31.4 Å². The molecule has 0 spiro atoms. The van der Waals surface area contributed by atoms with Gasteiger partial charge in [-0.25, -0.2) is 4.98 Å². The molecule has 0 saturated carbocycles. The van der Waals surface area contributed by atoms with Gasteiger partial charge in [0.1, 0.15) is 5.82 Å². The minimum Gasteiger partial charge on any atom is -0.306 e. The van der Waals surface area contributed by atoms with Gasteiger partial charge in [0.05, 0.1) is 16.3 Å². The summed E-state index contributed by atoms with van der Waals surface area (Å²) in [6.07, 6.45) is 1.93. The van der Waals surface area contributed by atoms with Crippen LogP contribution in [0.1, 0.15) is 37.0 Å². The SMILES string of the molecule is CC(Cl)c1nc2ccccc2c(=O)n1C1CCN(C)CC1. The average Bonchev–Trinajstić information content (AvgIpc) is 2.48. The molecule has 1 aromatic heterocycles. The van der Waals surface area contributed by atoms with E-state index < -0.39 is 0 Å². The van der Waals surface area contributed by atoms with Gasteiger partial charge in [-0.2, -0.15) is 0 Å². The van der Waals surface area contributed by atoms with Crippen molar-refractivity contribution in [2.75, 3.05) is 20.1 Å². The Bertz CT molecular complexity index is 702. The molecule has 1 aliphatic rings. The number of nitrogens with zero attached hydrogens (tertiary/aromatic N) is 3. The van der Waals surface area contributed by atoms with Gasteiger partial charge < -0.3 is 4.90 Å². The summed E-state index contributed by atoms with van der Waals surface area (Å²) in [5.74, 6) is 0.690. The first-order valence-electron chi connectivity index (χ1n) is 7.41. The van der Waals surface area contributed by atoms with Gasteiger partial charge >= 0.3 is 0 Å². The normalized spacial score (nSPS) is 19.0. The van der Waals surface area contributed by atoms with Gasteiger partial charge in [0, 0.05) is 6.04 Å². The minimum atomic E-state index is -0.276. The number of alkyl halides is 1. The highest BCUT2D eigenvalue weighted by Crippen LogP contribution is 2.27. The molecule has 112 valence electrons. The molecule has 0 N–H and O–H groups in total. The van der Waals surface area contributed by atoms with Crippen molar-refractivity contribution >= 4 is 22.5 Å². The van der Waals surface area contributed by atoms with Gasteiger partial charge in [0.2, 0.25) is 0 Å². The lowest BCUT2D eigenvalue weighted by Crippen LogP contribution is -2.37. The predicted octanol–water partition coefficient (Wildman–Crippen LogP) is 2.96. The Morgan fingerprint density at radius 1 is 1.29 bits per heavy atom. The Labute approximate surface area is 129 Å². The monoisotopic (exact) mass is 305 g/mol. The smallest absolute Gasteiger partial charge is 0.261 e. The summed E-state index contributed by atoms with van der Waals surface area (Å²) in [4.78, 5) is 19.8. The highest BCUT2D eigenvalue weighted by atomic mass is 35.5. The third-order valence-electron chi connectivity index (χ3n) is 4.24. The van der Waals surface area contributed by atoms with E-state index in [-0.39, 0.29) is 17.0 Å². The van der Waals surface area contributed by atoms with Crippen molar-refractivity contribution in [2.24, 2.45) is 0 Å². The summed E-state index contributed by atoms with van der Waals surface area (Å²) in [5, 5.41) is 0.402. The van der Waals surface area contributed by atoms with Crippen LogP contribution in [0.2, 0.25) is 0 Å². The van der Waals surface area contributed by atoms with Crippen LogP contribution in [-0.2, 0) is 0 Å². The van der Waals surface area contributed by atoms with Gasteiger partial charge in [0.25, 0.3) is 5.56 Å². The van der Waals surface area contributed by atoms with Gasteiger partial charge in [-0.3, -0.25) is 9.36 Å². The van der Waals surface area contributed by atoms with E-state index >= 15 is 0 Å². The second-order valence-corrected chi connectivity index (χ2v) is 6.47. The predicted molar refractivity (Wildman–Crippen MR) is 86.0 cm³/mol. The standard InChI is InChI=1S/C16H20ClN3O/c1-11(17)15-18-14-6-4-3-5-13(14)16(21)20(15)12-7-9-19(2)10-8-12/h3-6,11-12H,7-10H2,1-2H3. The van der Waals surface area contributed by atoms with E-state index in [1.165, 1.54) is 0 Å². The highest BCUT2D eigenvalue weighted by Gasteiger charge is 2.24. The van der Waals surface area contributed by atoms with Crippen LogP contribution in [0.15, 0.2) is 29.1 Å². The molecule has 3 rings (SSSR count). The first-order valence-corrected chi connectivity index (χ1v) is 7.85. The van der Waals surface area contributed by atoms with Gasteiger partial charge in [-0.05, 0) is 52.0 Å². The van der Waals surface area contributed by atoms with Crippen molar-refractivity contribution in [3.05, 3.63) is 40.4 Å². The Kier molecular flexibility index (Phi) is 4.00. The Morgan fingerprint density at radius 3 is 2.62 bits per heavy atom. The third-order valence-corrected chi connectivity index (χ3v) is 4.44. The van der Waals surface area contributed by atoms with Gasteiger partial charge in [-0.1, -0.05) is 12.1 Å². The number of piperidine rings is 1. The first kappa shape index (κ1) is 14.5. The molecule has 1 aliphatic heterocycles. The molecule has 1 unspecified atom stereocenters. The van der Waals surface area contributed by atoms with Crippen molar-refractivity contribution in [2.45, 2.75) is 31.2 Å². The van der Waals surface area contributed by atoms with Crippen LogP contribution >= 0.6 is 11.6 Å². The Hall–Kier alpha value is -1.39. The maximum absolute atomic E-state index is 12.9. The fourth-order valence-corrected chi connectivity index (χ4v) is 3.20. The summed E-state index contributed by atoms with van der Waals surface area (Å²) < 4.78 is 1.84. The molecular formula is C16H20ClN3O. The van der Waals surface area contributed by atoms with E-state index in [0.29, 0.717) is 11.2 Å². The maximum Gasteiger partial charge on any atom is 0.261 e. The maximum atomic E-state index is 12.9. The third kappa shape index (κ3) is 2.70. The summed E-state index contributed by atoms with van der Waals surface area (Å²) in [6.45, 7) is 3.88. The average molecular weight is 306 g/mol. The molecule has 2 heterocycles. The minimum absolute atomic E-state index is 0.0395. The molecule has 0 aliphatic carbocycles. The fourth-order valence-electron chi connectivity index (χ4n) is 3.05. The fraction of sp³-hybridized carbons (Fsp3) is 0.500. The zero-order chi connectivity index (χ0) is 15.0. The van der Waals surface area contributed by atoms with Gasteiger partial charge in [-0.15, -0.1) is 11.6 Å². The summed E-state index contributed by atoms with van der Waals surface area (Å²) >= 11 is 6.30. The van der Waals surface area contributed by atoms with Gasteiger partial charge in [0.15, 0.2) is 0 Å². The summed E-state index contributed by atoms with van der Waals surface area (Å²) in [7, 11) is 2.11. The Balaban J connectivity index is 2.17. The van der Waals surface area contributed by atoms with Crippen LogP contribution in [0.5, 0.6) is 0 Å². The second kappa shape index (κ2) is 5.78. The van der Waals surface area contributed by atoms with Crippen molar-refractivity contribution in [1.29, 1.82) is 0 Å². The number of aromatic nitrogens is 2. The lowest BCUT2D eigenvalue weighted by atomic mass is 10.0. The number of benzene rings is 1. The van der Waals surface area contributed by atoms with Crippen LogP contribution in [0.3, 0.4) is 0 Å². The van der Waals surface area contributed by atoms with Crippen LogP contribution < -0.4 is 5.56 Å². The van der Waals surface area contributed by atoms with E-state index in [1.54, 1.807) is 0 Å². The quantitative estimate of drug-likeness (QED) is 0.801. The lowest BCUT2D eigenvalue weighted by Gasteiger charge is -2.31. The number of rotatable bonds is 2. The van der Waals surface area contributed by atoms with Crippen molar-refractivity contribution in [3.63, 3.8) is 0 Å². The Morgan fingerprint density at radius 2 is 1.95 bits per heavy atom. The molecule has 0 amide bonds. The van der Waals surface area contributed by atoms with Crippen LogP contribution in [0.4, 0.5) is 0 Å². The number of halogens is 1. The van der Waals surface area contributed by atoms with E-state index in [4.69, 9.17) is 11.6 Å². The van der Waals surface area contributed by atoms with Crippen molar-refractivity contribution in [1.82, 2.24) is 14.5 Å². The van der Waals surface area contributed by atoms with Crippen LogP contribution in [-0.4, -0.2) is 34.6 Å². The number of hydrogen-bond acceptors (Lipinski definition) is 3. The molecule has 1 fully saturated rings. The second-order valence-electron chi connectivity index (χ2n) is 5.81. The summed E-state index contributed by atoms with van der Waals surface area (Å²) in [5.41, 5.74) is 0.770. The highest BCUT2D eigenvalue weighted by molar-refractivity contribution is 6.20. The molecule has 21 heavy (non-hydrogen) atoms. The van der Waals surface area contributed by atoms with Crippen LogP contribution in [0, 0.1) is 0 Å². The molecule has 1 saturated heterocycles. The van der Waals surface area contributed by atoms with Crippen LogP contribution in [0.25, 0.3) is 10.9 Å². The zero-order valence-electron chi connectivity index (χ0n) is 12.4. The summed E-state index contributed by atoms with van der Waals surface area (Å²) in [6, 6.07) is 7.70. The van der Waals surface area contributed by atoms with E-state index in [1.807, 2.05) is 35.8 Å². The molecule has 0 radical (unpaired) electrons. The number of hydrogen-bond donors (Lipinski definition) is 0. The number of fused-ring (bicyclic) bond motifs is 1. The topological polar surface area (TPSA) is 38.1 Å². The first-order chi connectivity index (χ1) is 10.1. The molecule has 5 heteroatoms. The van der Waals surface area contributed by atoms with Crippen molar-refractivity contribution in [3.8, 4) is 0 Å². The molecule has 1 aromatic carbocycles. The lowest BCUT2D eigenvalue weighted by molar-refractivity contribution is 0.215. The van der Waals surface area contributed by atoms with Crippen molar-refractivity contribution < 1.29 is 0 Å². The molecule has 0 bridgehead atoms. The van der Waals surface area contributed by atoms with E-state index in [9.17, 15) is 4.79 Å². The largest absolute Gasteiger partial charge is 0.306 e. The van der Waals surface area contributed by atoms with E-state index in [2.05, 4.69) is 16.9 Å². The zero-order valence-corrected chi connectivity index (χ0v) is 13.2. The molecule has 1 atom stereocenters. The number of para-hydroxylation sites is 1. The number of likely N-dealkylation sites (tertiary alicyclic amines) is 1. The molecule has 2 aromatic rings. The molecule has 4 nitrogen and oxygen atoms in total. The molecular weight excluding hydrogens is 286 g/mol.